The van der Waals surface area contributed by atoms with Crippen molar-refractivity contribution in [2.45, 2.75) is 421 Å². The molecule has 2 heterocycles. The number of phosphoric acid groups is 1. The van der Waals surface area contributed by atoms with E-state index in [1.165, 1.54) is 135 Å². The second kappa shape index (κ2) is 56.9. The van der Waals surface area contributed by atoms with Crippen LogP contribution in [0.1, 0.15) is 317 Å². The topological polar surface area (TPSA) is 374 Å². The van der Waals surface area contributed by atoms with Crippen LogP contribution in [0.25, 0.3) is 0 Å². The first-order valence-electron chi connectivity index (χ1n) is 39.9. The smallest absolute Gasteiger partial charge is 0.463 e. The maximum atomic E-state index is 14.4. The van der Waals surface area contributed by atoms with Gasteiger partial charge in [-0.1, -0.05) is 265 Å². The molecular formula is C76H141O24P. The molecule has 2 aliphatic heterocycles. The minimum atomic E-state index is -5.70. The number of rotatable bonds is 62. The molecule has 0 aromatic heterocycles. The molecule has 19 atom stereocenters. The van der Waals surface area contributed by atoms with E-state index in [0.29, 0.717) is 25.2 Å². The molecule has 25 heteroatoms. The molecule has 0 aromatic carbocycles. The lowest BCUT2D eigenvalue weighted by Crippen LogP contribution is -2.69. The van der Waals surface area contributed by atoms with Crippen molar-refractivity contribution in [3.8, 4) is 0 Å². The van der Waals surface area contributed by atoms with Crippen LogP contribution in [0, 0.1) is 5.92 Å². The molecule has 3 fully saturated rings. The van der Waals surface area contributed by atoms with Crippen molar-refractivity contribution in [2.24, 2.45) is 5.92 Å². The minimum absolute atomic E-state index is 0.0323. The lowest BCUT2D eigenvalue weighted by Gasteiger charge is -2.49. The molecule has 2 saturated heterocycles. The van der Waals surface area contributed by atoms with Gasteiger partial charge >= 0.3 is 25.7 Å². The second-order valence-electron chi connectivity index (χ2n) is 29.1. The monoisotopic (exact) mass is 1470 g/mol. The van der Waals surface area contributed by atoms with Crippen LogP contribution in [0.3, 0.4) is 0 Å². The zero-order valence-corrected chi connectivity index (χ0v) is 63.3. The van der Waals surface area contributed by atoms with Crippen molar-refractivity contribution < 1.29 is 117 Å². The lowest BCUT2D eigenvalue weighted by atomic mass is 9.84. The van der Waals surface area contributed by atoms with Crippen molar-refractivity contribution in [3.05, 3.63) is 12.2 Å². The van der Waals surface area contributed by atoms with E-state index < -0.39 is 156 Å². The van der Waals surface area contributed by atoms with Gasteiger partial charge in [-0.3, -0.25) is 23.4 Å². The molecule has 11 N–H and O–H groups in total. The van der Waals surface area contributed by atoms with Crippen LogP contribution in [0.15, 0.2) is 12.2 Å². The van der Waals surface area contributed by atoms with Gasteiger partial charge in [-0.25, -0.2) is 4.57 Å². The zero-order valence-electron chi connectivity index (χ0n) is 62.4. The molecule has 1 aliphatic carbocycles. The van der Waals surface area contributed by atoms with Gasteiger partial charge in [-0.15, -0.1) is 0 Å². The summed E-state index contributed by atoms with van der Waals surface area (Å²) in [6.07, 6.45) is 15.4. The Morgan fingerprint density at radius 1 is 0.406 bits per heavy atom. The highest BCUT2D eigenvalue weighted by Crippen LogP contribution is 2.49. The predicted octanol–water partition coefficient (Wildman–Crippen LogP) is 11.8. The van der Waals surface area contributed by atoms with Gasteiger partial charge in [0, 0.05) is 19.3 Å². The molecular weight excluding hydrogens is 1330 g/mol. The molecule has 1 saturated carbocycles. The van der Waals surface area contributed by atoms with Crippen molar-refractivity contribution in [1.29, 1.82) is 0 Å². The van der Waals surface area contributed by atoms with Gasteiger partial charge < -0.3 is 89.1 Å². The van der Waals surface area contributed by atoms with Gasteiger partial charge in [0.2, 0.25) is 0 Å². The van der Waals surface area contributed by atoms with Crippen LogP contribution in [0.5, 0.6) is 0 Å². The molecule has 3 rings (SSSR count). The van der Waals surface area contributed by atoms with Gasteiger partial charge in [0.15, 0.2) is 18.7 Å². The van der Waals surface area contributed by atoms with Crippen LogP contribution in [0.4, 0.5) is 0 Å². The molecule has 0 bridgehead atoms. The number of phosphoric ester groups is 1. The van der Waals surface area contributed by atoms with Crippen LogP contribution in [-0.4, -0.2) is 204 Å². The normalized spacial score (nSPS) is 27.5. The van der Waals surface area contributed by atoms with Crippen LogP contribution in [-0.2, 0) is 61.2 Å². The summed E-state index contributed by atoms with van der Waals surface area (Å²) in [7, 11) is -5.70. The first kappa shape index (κ1) is 92.9. The Kier molecular flexibility index (Phi) is 52.4. The highest BCUT2D eigenvalue weighted by atomic mass is 31.2. The van der Waals surface area contributed by atoms with E-state index in [-0.39, 0.29) is 19.3 Å². The quantitative estimate of drug-likeness (QED) is 0.00886. The van der Waals surface area contributed by atoms with Gasteiger partial charge in [-0.05, 0) is 50.9 Å². The SMILES string of the molecule is CCCCCC/C=C\CCCCCCCCCC(=O)OCC(COP(=O)(O)OC1C(OC2OC(CO)C(O)C(O)C2O)C(O)C(O)C(O)C1OC1OC(COC(=O)CCCCCCCCCCCCCCCCC)C(O)C(O)C1O)OC(=O)CCCCCCCCC(C)CCCCCCCC. The van der Waals surface area contributed by atoms with Crippen molar-refractivity contribution in [3.63, 3.8) is 0 Å². The van der Waals surface area contributed by atoms with Crippen LogP contribution < -0.4 is 0 Å². The number of hydrogen-bond donors (Lipinski definition) is 11. The Balaban J connectivity index is 1.72. The van der Waals surface area contributed by atoms with E-state index in [1.807, 2.05) is 0 Å². The van der Waals surface area contributed by atoms with E-state index in [9.17, 15) is 74.9 Å². The number of unbranched alkanes of at least 4 members (excludes halogenated alkanes) is 35. The Morgan fingerprint density at radius 3 is 1.18 bits per heavy atom. The second-order valence-corrected chi connectivity index (χ2v) is 30.5. The number of carbonyl (C=O) groups excluding carboxylic acids is 3. The fraction of sp³-hybridized carbons (Fsp3) is 0.934. The highest BCUT2D eigenvalue weighted by molar-refractivity contribution is 7.47. The molecule has 594 valence electrons. The summed E-state index contributed by atoms with van der Waals surface area (Å²) < 4.78 is 65.2. The van der Waals surface area contributed by atoms with Crippen LogP contribution in [0.2, 0.25) is 0 Å². The molecule has 101 heavy (non-hydrogen) atoms. The Labute approximate surface area is 605 Å². The molecule has 0 amide bonds. The summed E-state index contributed by atoms with van der Waals surface area (Å²) in [5.41, 5.74) is 0. The first-order valence-corrected chi connectivity index (χ1v) is 41.4. The van der Waals surface area contributed by atoms with Crippen molar-refractivity contribution >= 4 is 25.7 Å². The summed E-state index contributed by atoms with van der Waals surface area (Å²) in [6, 6.07) is 0. The number of hydrogen-bond acceptors (Lipinski definition) is 23. The number of allylic oxidation sites excluding steroid dienone is 2. The maximum absolute atomic E-state index is 14.4. The van der Waals surface area contributed by atoms with E-state index in [4.69, 9.17) is 42.2 Å². The number of aliphatic hydroxyl groups is 10. The van der Waals surface area contributed by atoms with E-state index in [2.05, 4.69) is 39.8 Å². The van der Waals surface area contributed by atoms with Gasteiger partial charge in [0.05, 0.1) is 13.2 Å². The fourth-order valence-corrected chi connectivity index (χ4v) is 14.3. The van der Waals surface area contributed by atoms with Crippen LogP contribution >= 0.6 is 7.82 Å². The molecule has 0 aromatic rings. The summed E-state index contributed by atoms with van der Waals surface area (Å²) in [5.74, 6) is -1.30. The Bertz CT molecular complexity index is 2150. The van der Waals surface area contributed by atoms with E-state index in [0.717, 1.165) is 116 Å². The van der Waals surface area contributed by atoms with E-state index >= 15 is 0 Å². The van der Waals surface area contributed by atoms with E-state index in [1.54, 1.807) is 0 Å². The fourth-order valence-electron chi connectivity index (χ4n) is 13.4. The summed E-state index contributed by atoms with van der Waals surface area (Å²) in [6.45, 7) is 5.78. The highest BCUT2D eigenvalue weighted by Gasteiger charge is 2.58. The average molecular weight is 1470 g/mol. The first-order chi connectivity index (χ1) is 48.7. The Hall–Kier alpha value is -2.30. The van der Waals surface area contributed by atoms with Crippen molar-refractivity contribution in [1.82, 2.24) is 0 Å². The third-order valence-corrected chi connectivity index (χ3v) is 20.9. The van der Waals surface area contributed by atoms with Gasteiger partial charge in [-0.2, -0.15) is 0 Å². The number of esters is 3. The standard InChI is InChI=1S/C76H141O24P/c1-5-8-11-14-17-19-21-23-25-27-29-31-33-39-44-49-60(78)92-53-57(95-62(80)51-46-41-36-35-38-43-48-56(4)47-42-37-16-13-10-7-3)54-94-101(90,91)100-74-72(98-75-70(88)65(83)63(81)58(52-77)96-75)68(86)67(85)69(87)73(74)99-76-71(89)66(84)64(82)59(97-76)55-93-61(79)50-45-40-34-32-30-28-26-24-22-20-18-15-12-9-6-2/h19,21,56-59,63-77,81-89H,5-18,20,22-55H2,1-4H3,(H,90,91)/b21-19-. The summed E-state index contributed by atoms with van der Waals surface area (Å²) >= 11 is 0. The number of ether oxygens (including phenoxy) is 7. The molecule has 3 aliphatic rings. The largest absolute Gasteiger partial charge is 0.472 e. The maximum Gasteiger partial charge on any atom is 0.472 e. The molecule has 0 radical (unpaired) electrons. The number of carbonyl (C=O) groups is 3. The molecule has 19 unspecified atom stereocenters. The minimum Gasteiger partial charge on any atom is -0.463 e. The predicted molar refractivity (Wildman–Crippen MR) is 384 cm³/mol. The molecule has 0 spiro atoms. The average Bonchev–Trinajstić information content (AvgIpc) is 0.761. The third kappa shape index (κ3) is 39.9. The van der Waals surface area contributed by atoms with Gasteiger partial charge in [0.1, 0.15) is 98.7 Å². The summed E-state index contributed by atoms with van der Waals surface area (Å²) in [5, 5.41) is 110. The Morgan fingerprint density at radius 2 is 0.752 bits per heavy atom. The third-order valence-electron chi connectivity index (χ3n) is 19.9. The van der Waals surface area contributed by atoms with Crippen molar-refractivity contribution in [2.75, 3.05) is 26.4 Å². The summed E-state index contributed by atoms with van der Waals surface area (Å²) in [4.78, 5) is 51.2. The van der Waals surface area contributed by atoms with Gasteiger partial charge in [0.25, 0.3) is 0 Å². The lowest BCUT2D eigenvalue weighted by molar-refractivity contribution is -0.360. The number of aliphatic hydroxyl groups excluding tert-OH is 10. The zero-order chi connectivity index (χ0) is 74.1. The molecule has 24 nitrogen and oxygen atoms in total.